The van der Waals surface area contributed by atoms with Gasteiger partial charge in [-0.15, -0.1) is 11.3 Å². The first kappa shape index (κ1) is 15.7. The van der Waals surface area contributed by atoms with Crippen LogP contribution in [0.1, 0.15) is 35.2 Å². The Labute approximate surface area is 132 Å². The molecule has 0 bridgehead atoms. The molecule has 0 radical (unpaired) electrons. The molecule has 0 saturated carbocycles. The fourth-order valence-corrected chi connectivity index (χ4v) is 3.78. The molecule has 1 atom stereocenters. The largest absolute Gasteiger partial charge is 0.305 e. The van der Waals surface area contributed by atoms with Crippen molar-refractivity contribution in [2.75, 3.05) is 0 Å². The van der Waals surface area contributed by atoms with E-state index in [0.29, 0.717) is 5.92 Å². The van der Waals surface area contributed by atoms with E-state index in [-0.39, 0.29) is 11.9 Å². The van der Waals surface area contributed by atoms with E-state index in [9.17, 15) is 4.39 Å². The first-order chi connectivity index (χ1) is 9.47. The third-order valence-corrected chi connectivity index (χ3v) is 5.44. The lowest BCUT2D eigenvalue weighted by atomic mass is 9.96. The lowest BCUT2D eigenvalue weighted by Gasteiger charge is -2.22. The Balaban J connectivity index is 2.08. The van der Waals surface area contributed by atoms with E-state index in [1.165, 1.54) is 26.4 Å². The number of hydrogen-bond acceptors (Lipinski definition) is 2. The molecule has 1 nitrogen and oxygen atoms in total. The second-order valence-electron chi connectivity index (χ2n) is 5.27. The van der Waals surface area contributed by atoms with Gasteiger partial charge in [0.15, 0.2) is 0 Å². The van der Waals surface area contributed by atoms with E-state index in [4.69, 9.17) is 0 Å². The molecule has 0 aliphatic rings. The van der Waals surface area contributed by atoms with E-state index >= 15 is 0 Å². The van der Waals surface area contributed by atoms with Gasteiger partial charge in [0, 0.05) is 26.8 Å². The van der Waals surface area contributed by atoms with Crippen LogP contribution in [0.4, 0.5) is 4.39 Å². The summed E-state index contributed by atoms with van der Waals surface area (Å²) < 4.78 is 14.2. The molecule has 0 amide bonds. The highest BCUT2D eigenvalue weighted by atomic mass is 79.9. The summed E-state index contributed by atoms with van der Waals surface area (Å²) in [6.07, 6.45) is 0. The molecule has 0 fully saturated rings. The molecule has 4 heteroatoms. The van der Waals surface area contributed by atoms with Crippen LogP contribution in [0.5, 0.6) is 0 Å². The maximum atomic E-state index is 13.0. The molecule has 0 saturated heterocycles. The molecule has 20 heavy (non-hydrogen) atoms. The van der Waals surface area contributed by atoms with E-state index in [0.717, 1.165) is 12.1 Å². The Bertz CT molecular complexity index is 543. The van der Waals surface area contributed by atoms with Gasteiger partial charge in [0.05, 0.1) is 0 Å². The molecule has 108 valence electrons. The molecule has 2 aromatic rings. The Morgan fingerprint density at radius 1 is 1.25 bits per heavy atom. The zero-order valence-electron chi connectivity index (χ0n) is 11.9. The van der Waals surface area contributed by atoms with Crippen LogP contribution >= 0.6 is 27.3 Å². The van der Waals surface area contributed by atoms with Crippen LogP contribution in [0.3, 0.4) is 0 Å². The summed E-state index contributed by atoms with van der Waals surface area (Å²) in [5.74, 6) is 0.263. The van der Waals surface area contributed by atoms with Crippen LogP contribution < -0.4 is 5.32 Å². The summed E-state index contributed by atoms with van der Waals surface area (Å²) in [4.78, 5) is 2.60. The van der Waals surface area contributed by atoms with Gasteiger partial charge in [-0.25, -0.2) is 4.39 Å². The third-order valence-electron chi connectivity index (χ3n) is 3.30. The SMILES string of the molecule is Cc1sc(CNC(c2ccc(F)cc2)C(C)C)cc1Br. The van der Waals surface area contributed by atoms with Crippen molar-refractivity contribution in [3.8, 4) is 0 Å². The molecule has 1 aromatic heterocycles. The van der Waals surface area contributed by atoms with Crippen LogP contribution in [0, 0.1) is 18.7 Å². The smallest absolute Gasteiger partial charge is 0.123 e. The van der Waals surface area contributed by atoms with Gasteiger partial charge in [0.2, 0.25) is 0 Å². The molecule has 1 aromatic carbocycles. The van der Waals surface area contributed by atoms with Crippen LogP contribution in [0.25, 0.3) is 0 Å². The Kier molecular flexibility index (Phi) is 5.35. The summed E-state index contributed by atoms with van der Waals surface area (Å²) in [5.41, 5.74) is 1.13. The predicted octanol–water partition coefficient (Wildman–Crippen LogP) is 5.45. The summed E-state index contributed by atoms with van der Waals surface area (Å²) >= 11 is 5.34. The molecule has 0 aliphatic heterocycles. The van der Waals surface area contributed by atoms with Crippen molar-refractivity contribution < 1.29 is 4.39 Å². The van der Waals surface area contributed by atoms with Gasteiger partial charge in [-0.05, 0) is 52.5 Å². The van der Waals surface area contributed by atoms with Gasteiger partial charge in [0.1, 0.15) is 5.82 Å². The van der Waals surface area contributed by atoms with Gasteiger partial charge in [-0.2, -0.15) is 0 Å². The van der Waals surface area contributed by atoms with Crippen LogP contribution in [-0.4, -0.2) is 0 Å². The third kappa shape index (κ3) is 3.90. The minimum atomic E-state index is -0.186. The maximum absolute atomic E-state index is 13.0. The predicted molar refractivity (Wildman–Crippen MR) is 87.6 cm³/mol. The first-order valence-electron chi connectivity index (χ1n) is 6.71. The van der Waals surface area contributed by atoms with Crippen molar-refractivity contribution in [3.05, 3.63) is 55.9 Å². The Morgan fingerprint density at radius 3 is 2.40 bits per heavy atom. The van der Waals surface area contributed by atoms with Crippen LogP contribution in [0.2, 0.25) is 0 Å². The lowest BCUT2D eigenvalue weighted by molar-refractivity contribution is 0.411. The summed E-state index contributed by atoms with van der Waals surface area (Å²) in [5, 5.41) is 3.58. The van der Waals surface area contributed by atoms with Crippen LogP contribution in [0.15, 0.2) is 34.8 Å². The van der Waals surface area contributed by atoms with Crippen molar-refractivity contribution >= 4 is 27.3 Å². The Morgan fingerprint density at radius 2 is 1.90 bits per heavy atom. The highest BCUT2D eigenvalue weighted by molar-refractivity contribution is 9.10. The number of thiophene rings is 1. The minimum Gasteiger partial charge on any atom is -0.305 e. The van der Waals surface area contributed by atoms with Crippen molar-refractivity contribution in [1.82, 2.24) is 5.32 Å². The lowest BCUT2D eigenvalue weighted by Crippen LogP contribution is -2.25. The van der Waals surface area contributed by atoms with Gasteiger partial charge >= 0.3 is 0 Å². The minimum absolute atomic E-state index is 0.186. The zero-order valence-corrected chi connectivity index (χ0v) is 14.3. The highest BCUT2D eigenvalue weighted by Crippen LogP contribution is 2.28. The topological polar surface area (TPSA) is 12.0 Å². The number of halogens is 2. The molecule has 0 spiro atoms. The standard InChI is InChI=1S/C16H19BrFNS/c1-10(2)16(12-4-6-13(18)7-5-12)19-9-14-8-15(17)11(3)20-14/h4-8,10,16,19H,9H2,1-3H3. The van der Waals surface area contributed by atoms with Crippen molar-refractivity contribution in [2.24, 2.45) is 5.92 Å². The summed E-state index contributed by atoms with van der Waals surface area (Å²) in [6, 6.07) is 9.17. The molecule has 2 rings (SSSR count). The fourth-order valence-electron chi connectivity index (χ4n) is 2.22. The second-order valence-corrected chi connectivity index (χ2v) is 7.47. The molecule has 1 N–H and O–H groups in total. The molecular weight excluding hydrogens is 337 g/mol. The number of rotatable bonds is 5. The monoisotopic (exact) mass is 355 g/mol. The van der Waals surface area contributed by atoms with Crippen molar-refractivity contribution in [3.63, 3.8) is 0 Å². The highest BCUT2D eigenvalue weighted by Gasteiger charge is 2.15. The molecular formula is C16H19BrFNS. The van der Waals surface area contributed by atoms with Crippen molar-refractivity contribution in [1.29, 1.82) is 0 Å². The normalized spacial score (nSPS) is 12.9. The molecule has 1 heterocycles. The average molecular weight is 356 g/mol. The molecule has 1 unspecified atom stereocenters. The quantitative estimate of drug-likeness (QED) is 0.752. The number of aryl methyl sites for hydroxylation is 1. The van der Waals surface area contributed by atoms with E-state index in [2.05, 4.69) is 48.1 Å². The van der Waals surface area contributed by atoms with Gasteiger partial charge in [0.25, 0.3) is 0 Å². The number of nitrogens with one attached hydrogen (secondary N) is 1. The van der Waals surface area contributed by atoms with Gasteiger partial charge in [-0.1, -0.05) is 26.0 Å². The van der Waals surface area contributed by atoms with Gasteiger partial charge < -0.3 is 5.32 Å². The molecule has 0 aliphatic carbocycles. The van der Waals surface area contributed by atoms with Crippen LogP contribution in [-0.2, 0) is 6.54 Å². The van der Waals surface area contributed by atoms with Gasteiger partial charge in [-0.3, -0.25) is 0 Å². The number of hydrogen-bond donors (Lipinski definition) is 1. The summed E-state index contributed by atoms with van der Waals surface area (Å²) in [7, 11) is 0. The average Bonchev–Trinajstić information content (AvgIpc) is 2.71. The maximum Gasteiger partial charge on any atom is 0.123 e. The second kappa shape index (κ2) is 6.83. The van der Waals surface area contributed by atoms with Crippen molar-refractivity contribution in [2.45, 2.75) is 33.4 Å². The fraction of sp³-hybridized carbons (Fsp3) is 0.375. The number of benzene rings is 1. The zero-order chi connectivity index (χ0) is 14.7. The Hall–Kier alpha value is -0.710. The van der Waals surface area contributed by atoms with E-state index in [1.54, 1.807) is 11.3 Å². The van der Waals surface area contributed by atoms with E-state index in [1.807, 2.05) is 12.1 Å². The summed E-state index contributed by atoms with van der Waals surface area (Å²) in [6.45, 7) is 7.29. The van der Waals surface area contributed by atoms with E-state index < -0.39 is 0 Å². The first-order valence-corrected chi connectivity index (χ1v) is 8.32.